The first-order valence-corrected chi connectivity index (χ1v) is 8.55. The molecule has 0 unspecified atom stereocenters. The van der Waals surface area contributed by atoms with E-state index in [-0.39, 0.29) is 5.97 Å². The summed E-state index contributed by atoms with van der Waals surface area (Å²) in [5.74, 6) is 0.428. The van der Waals surface area contributed by atoms with Crippen LogP contribution in [0.3, 0.4) is 0 Å². The lowest BCUT2D eigenvalue weighted by atomic mass is 9.95. The first-order valence-electron chi connectivity index (χ1n) is 7.26. The zero-order valence-electron chi connectivity index (χ0n) is 13.5. The summed E-state index contributed by atoms with van der Waals surface area (Å²) in [6.07, 6.45) is 1.91. The first kappa shape index (κ1) is 17.2. The van der Waals surface area contributed by atoms with E-state index < -0.39 is 0 Å². The monoisotopic (exact) mass is 327 g/mol. The van der Waals surface area contributed by atoms with Crippen LogP contribution in [-0.2, 0) is 9.53 Å². The van der Waals surface area contributed by atoms with Crippen LogP contribution in [0, 0.1) is 6.07 Å². The smallest absolute Gasteiger partial charge is 0.339 e. The predicted molar refractivity (Wildman–Crippen MR) is 95.4 cm³/mol. The van der Waals surface area contributed by atoms with Gasteiger partial charge in [0.2, 0.25) is 0 Å². The van der Waals surface area contributed by atoms with E-state index in [1.54, 1.807) is 25.5 Å². The zero-order valence-corrected chi connectivity index (χ0v) is 14.3. The summed E-state index contributed by atoms with van der Waals surface area (Å²) in [5, 5.41) is 1.80. The van der Waals surface area contributed by atoms with Crippen LogP contribution in [0.2, 0.25) is 0 Å². The van der Waals surface area contributed by atoms with Gasteiger partial charge < -0.3 is 9.47 Å². The molecule has 4 heteroatoms. The fraction of sp³-hybridized carbons (Fsp3) is 0.211. The number of methoxy groups -OCH3 is 1. The van der Waals surface area contributed by atoms with Gasteiger partial charge in [-0.3, -0.25) is 0 Å². The molecule has 0 N–H and O–H groups in total. The number of esters is 1. The van der Waals surface area contributed by atoms with Crippen molar-refractivity contribution in [1.82, 2.24) is 0 Å². The minimum Gasteiger partial charge on any atom is -0.497 e. The van der Waals surface area contributed by atoms with Crippen molar-refractivity contribution in [3.05, 3.63) is 59.5 Å². The molecular weight excluding hydrogens is 308 g/mol. The summed E-state index contributed by atoms with van der Waals surface area (Å²) < 4.78 is 10.5. The summed E-state index contributed by atoms with van der Waals surface area (Å²) in [5.41, 5.74) is 3.12. The molecule has 0 aliphatic heterocycles. The van der Waals surface area contributed by atoms with Crippen molar-refractivity contribution in [2.24, 2.45) is 0 Å². The van der Waals surface area contributed by atoms with Crippen molar-refractivity contribution >= 4 is 23.3 Å². The number of hydrogen-bond donors (Lipinski definition) is 0. The Kier molecular flexibility index (Phi) is 6.29. The molecule has 0 heterocycles. The quantitative estimate of drug-likeness (QED) is 0.581. The Hall–Kier alpha value is -2.20. The number of carbonyl (C=O) groups excluding carboxylic acids is 1. The van der Waals surface area contributed by atoms with Gasteiger partial charge in [-0.15, -0.1) is 11.8 Å². The minimum atomic E-state index is -0.339. The second kappa shape index (κ2) is 8.44. The third-order valence-corrected chi connectivity index (χ3v) is 3.71. The van der Waals surface area contributed by atoms with Crippen molar-refractivity contribution in [1.29, 1.82) is 0 Å². The van der Waals surface area contributed by atoms with Crippen LogP contribution in [0.25, 0.3) is 16.7 Å². The average molecular weight is 327 g/mol. The third-order valence-electron chi connectivity index (χ3n) is 3.24. The van der Waals surface area contributed by atoms with Gasteiger partial charge in [-0.25, -0.2) is 4.79 Å². The lowest BCUT2D eigenvalue weighted by Gasteiger charge is -2.13. The molecule has 2 aromatic rings. The fourth-order valence-corrected chi connectivity index (χ4v) is 2.68. The number of thioether (sulfide) groups is 1. The van der Waals surface area contributed by atoms with Crippen LogP contribution in [-0.4, -0.2) is 25.9 Å². The number of ether oxygens (including phenoxy) is 2. The highest BCUT2D eigenvalue weighted by Crippen LogP contribution is 2.32. The minimum absolute atomic E-state index is 0.339. The van der Waals surface area contributed by atoms with Gasteiger partial charge in [0, 0.05) is 5.56 Å². The van der Waals surface area contributed by atoms with Crippen LogP contribution >= 0.6 is 11.8 Å². The van der Waals surface area contributed by atoms with Crippen LogP contribution in [0.15, 0.2) is 47.9 Å². The van der Waals surface area contributed by atoms with E-state index in [1.165, 1.54) is 11.8 Å². The standard InChI is InChI=1S/C19H19O3S/c1-4-22-19(20)18(13-23-3)17-11-6-5-10-16(17)14-8-7-9-15(12-14)21-2/h5-10,12-13H,4H2,1-3H3. The van der Waals surface area contributed by atoms with Crippen LogP contribution in [0.4, 0.5) is 0 Å². The lowest BCUT2D eigenvalue weighted by molar-refractivity contribution is -0.136. The van der Waals surface area contributed by atoms with Crippen molar-refractivity contribution < 1.29 is 14.3 Å². The molecule has 0 amide bonds. The van der Waals surface area contributed by atoms with E-state index in [0.717, 1.165) is 22.4 Å². The second-order valence-corrected chi connectivity index (χ2v) is 5.39. The summed E-state index contributed by atoms with van der Waals surface area (Å²) >= 11 is 1.46. The molecule has 0 fully saturated rings. The van der Waals surface area contributed by atoms with Crippen LogP contribution in [0.5, 0.6) is 5.75 Å². The molecule has 0 bridgehead atoms. The largest absolute Gasteiger partial charge is 0.497 e. The van der Waals surface area contributed by atoms with E-state index in [4.69, 9.17) is 9.47 Å². The van der Waals surface area contributed by atoms with Gasteiger partial charge in [0.25, 0.3) is 0 Å². The average Bonchev–Trinajstić information content (AvgIpc) is 2.60. The van der Waals surface area contributed by atoms with Crippen LogP contribution in [0.1, 0.15) is 12.5 Å². The number of hydrogen-bond acceptors (Lipinski definition) is 4. The van der Waals surface area contributed by atoms with E-state index in [9.17, 15) is 4.79 Å². The molecule has 1 radical (unpaired) electrons. The maximum absolute atomic E-state index is 12.3. The van der Waals surface area contributed by atoms with Gasteiger partial charge in [-0.2, -0.15) is 0 Å². The molecule has 2 aromatic carbocycles. The summed E-state index contributed by atoms with van der Waals surface area (Å²) in [4.78, 5) is 12.3. The fourth-order valence-electron chi connectivity index (χ4n) is 2.23. The zero-order chi connectivity index (χ0) is 16.7. The molecule has 0 saturated carbocycles. The van der Waals surface area contributed by atoms with E-state index in [1.807, 2.05) is 42.7 Å². The summed E-state index contributed by atoms with van der Waals surface area (Å²) in [6, 6.07) is 16.6. The Morgan fingerprint density at radius 3 is 2.83 bits per heavy atom. The van der Waals surface area contributed by atoms with Crippen molar-refractivity contribution in [2.75, 3.05) is 20.0 Å². The topological polar surface area (TPSA) is 35.5 Å². The Labute approximate surface area is 141 Å². The molecule has 0 spiro atoms. The lowest BCUT2D eigenvalue weighted by Crippen LogP contribution is -2.07. The SMILES string of the molecule is CCOC(=O)C(=CSC)c1[c]cccc1-c1cccc(OC)c1. The van der Waals surface area contributed by atoms with Gasteiger partial charge in [0.15, 0.2) is 0 Å². The summed E-state index contributed by atoms with van der Waals surface area (Å²) in [6.45, 7) is 2.14. The third kappa shape index (κ3) is 4.17. The molecule has 119 valence electrons. The molecule has 0 saturated heterocycles. The maximum Gasteiger partial charge on any atom is 0.339 e. The highest BCUT2D eigenvalue weighted by molar-refractivity contribution is 8.01. The molecule has 0 aliphatic carbocycles. The van der Waals surface area contributed by atoms with Crippen LogP contribution < -0.4 is 4.74 Å². The van der Waals surface area contributed by atoms with Crippen molar-refractivity contribution in [3.8, 4) is 16.9 Å². The molecule has 0 aromatic heterocycles. The Morgan fingerprint density at radius 2 is 2.13 bits per heavy atom. The van der Waals surface area contributed by atoms with E-state index in [0.29, 0.717) is 12.2 Å². The highest BCUT2D eigenvalue weighted by atomic mass is 32.2. The number of carbonyl (C=O) groups is 1. The van der Waals surface area contributed by atoms with Gasteiger partial charge in [-0.1, -0.05) is 30.3 Å². The Bertz CT molecular complexity index is 707. The Balaban J connectivity index is 2.55. The van der Waals surface area contributed by atoms with Gasteiger partial charge in [0.1, 0.15) is 5.75 Å². The number of rotatable bonds is 6. The van der Waals surface area contributed by atoms with Crippen molar-refractivity contribution in [3.63, 3.8) is 0 Å². The molecule has 2 rings (SSSR count). The van der Waals surface area contributed by atoms with Gasteiger partial charge in [-0.05, 0) is 47.9 Å². The van der Waals surface area contributed by atoms with Gasteiger partial charge >= 0.3 is 5.97 Å². The molecular formula is C19H19O3S. The van der Waals surface area contributed by atoms with Crippen molar-refractivity contribution in [2.45, 2.75) is 6.92 Å². The predicted octanol–water partition coefficient (Wildman–Crippen LogP) is 4.43. The normalized spacial score (nSPS) is 11.2. The molecule has 3 nitrogen and oxygen atoms in total. The van der Waals surface area contributed by atoms with Gasteiger partial charge in [0.05, 0.1) is 19.3 Å². The maximum atomic E-state index is 12.3. The number of benzene rings is 2. The van der Waals surface area contributed by atoms with E-state index >= 15 is 0 Å². The Morgan fingerprint density at radius 1 is 1.30 bits per heavy atom. The molecule has 23 heavy (non-hydrogen) atoms. The summed E-state index contributed by atoms with van der Waals surface area (Å²) in [7, 11) is 1.63. The molecule has 0 atom stereocenters. The highest BCUT2D eigenvalue weighted by Gasteiger charge is 2.17. The molecule has 0 aliphatic rings. The van der Waals surface area contributed by atoms with E-state index in [2.05, 4.69) is 6.07 Å². The second-order valence-electron chi connectivity index (χ2n) is 4.68. The first-order chi connectivity index (χ1) is 11.2.